The summed E-state index contributed by atoms with van der Waals surface area (Å²) in [6.45, 7) is 1.83. The number of nitrogens with one attached hydrogen (secondary N) is 1. The molecule has 1 aliphatic carbocycles. The van der Waals surface area contributed by atoms with E-state index in [4.69, 9.17) is 5.11 Å². The Balaban J connectivity index is 2.23. The monoisotopic (exact) mass is 227 g/mol. The Morgan fingerprint density at radius 1 is 1.31 bits per heavy atom. The van der Waals surface area contributed by atoms with Gasteiger partial charge in [-0.05, 0) is 11.8 Å². The molecule has 4 nitrogen and oxygen atoms in total. The van der Waals surface area contributed by atoms with Crippen molar-refractivity contribution in [1.82, 2.24) is 5.32 Å². The fourth-order valence-electron chi connectivity index (χ4n) is 2.41. The predicted molar refractivity (Wildman–Crippen MR) is 61.0 cm³/mol. The third-order valence-electron chi connectivity index (χ3n) is 3.40. The van der Waals surface area contributed by atoms with Crippen LogP contribution in [0.15, 0.2) is 0 Å². The van der Waals surface area contributed by atoms with E-state index in [0.29, 0.717) is 18.3 Å². The first-order valence-corrected chi connectivity index (χ1v) is 6.08. The van der Waals surface area contributed by atoms with Gasteiger partial charge in [-0.25, -0.2) is 0 Å². The molecule has 1 unspecified atom stereocenters. The van der Waals surface area contributed by atoms with Crippen molar-refractivity contribution >= 4 is 11.9 Å². The fraction of sp³-hybridized carbons (Fsp3) is 0.833. The number of amides is 1. The van der Waals surface area contributed by atoms with Crippen molar-refractivity contribution in [3.05, 3.63) is 0 Å². The number of carbonyl (C=O) groups is 2. The van der Waals surface area contributed by atoms with Crippen LogP contribution in [0.4, 0.5) is 0 Å². The first kappa shape index (κ1) is 13.0. The molecular weight excluding hydrogens is 206 g/mol. The second-order valence-corrected chi connectivity index (χ2v) is 4.75. The Morgan fingerprint density at radius 3 is 2.50 bits per heavy atom. The van der Waals surface area contributed by atoms with Crippen LogP contribution in [-0.2, 0) is 9.59 Å². The average molecular weight is 227 g/mol. The van der Waals surface area contributed by atoms with Crippen molar-refractivity contribution < 1.29 is 14.7 Å². The van der Waals surface area contributed by atoms with E-state index in [1.54, 1.807) is 0 Å². The van der Waals surface area contributed by atoms with Crippen molar-refractivity contribution in [1.29, 1.82) is 0 Å². The van der Waals surface area contributed by atoms with E-state index in [9.17, 15) is 9.59 Å². The summed E-state index contributed by atoms with van der Waals surface area (Å²) in [6, 6.07) is 0. The lowest BCUT2D eigenvalue weighted by Gasteiger charge is -2.27. The van der Waals surface area contributed by atoms with Crippen LogP contribution >= 0.6 is 0 Å². The third kappa shape index (κ3) is 4.64. The maximum absolute atomic E-state index is 11.4. The molecule has 0 saturated heterocycles. The van der Waals surface area contributed by atoms with Crippen molar-refractivity contribution in [2.75, 3.05) is 6.54 Å². The molecule has 0 aromatic rings. The highest BCUT2D eigenvalue weighted by molar-refractivity contribution is 5.81. The number of carbonyl (C=O) groups excluding carboxylic acids is 1. The smallest absolute Gasteiger partial charge is 0.322 e. The van der Waals surface area contributed by atoms with Gasteiger partial charge in [-0.2, -0.15) is 0 Å². The SMILES string of the molecule is CC(CC(=O)NCC(=O)O)C1CCCCC1. The summed E-state index contributed by atoms with van der Waals surface area (Å²) in [4.78, 5) is 21.7. The van der Waals surface area contributed by atoms with Gasteiger partial charge in [0.2, 0.25) is 5.91 Å². The molecule has 0 aromatic carbocycles. The summed E-state index contributed by atoms with van der Waals surface area (Å²) in [7, 11) is 0. The zero-order valence-corrected chi connectivity index (χ0v) is 9.87. The Hall–Kier alpha value is -1.06. The predicted octanol–water partition coefficient (Wildman–Crippen LogP) is 1.79. The molecule has 1 fully saturated rings. The minimum absolute atomic E-state index is 0.138. The Morgan fingerprint density at radius 2 is 1.94 bits per heavy atom. The minimum Gasteiger partial charge on any atom is -0.480 e. The molecule has 16 heavy (non-hydrogen) atoms. The first-order chi connectivity index (χ1) is 7.59. The number of hydrogen-bond donors (Lipinski definition) is 2. The lowest BCUT2D eigenvalue weighted by molar-refractivity contribution is -0.138. The Labute approximate surface area is 96.4 Å². The van der Waals surface area contributed by atoms with Crippen LogP contribution < -0.4 is 5.32 Å². The minimum atomic E-state index is -0.987. The number of carboxylic acid groups (broad SMARTS) is 1. The van der Waals surface area contributed by atoms with Crippen molar-refractivity contribution in [3.63, 3.8) is 0 Å². The molecule has 2 N–H and O–H groups in total. The van der Waals surface area contributed by atoms with Gasteiger partial charge in [0.1, 0.15) is 6.54 Å². The summed E-state index contributed by atoms with van der Waals surface area (Å²) in [5.74, 6) is -0.113. The molecule has 4 heteroatoms. The number of aliphatic carboxylic acids is 1. The lowest BCUT2D eigenvalue weighted by Crippen LogP contribution is -2.31. The maximum Gasteiger partial charge on any atom is 0.322 e. The molecule has 1 aliphatic rings. The van der Waals surface area contributed by atoms with Crippen LogP contribution in [0, 0.1) is 11.8 Å². The van der Waals surface area contributed by atoms with Gasteiger partial charge in [-0.15, -0.1) is 0 Å². The molecular formula is C12H21NO3. The van der Waals surface area contributed by atoms with Gasteiger partial charge in [0.15, 0.2) is 0 Å². The van der Waals surface area contributed by atoms with Crippen LogP contribution in [0.5, 0.6) is 0 Å². The summed E-state index contributed by atoms with van der Waals surface area (Å²) in [5, 5.41) is 10.8. The van der Waals surface area contributed by atoms with E-state index in [1.807, 2.05) is 0 Å². The summed E-state index contributed by atoms with van der Waals surface area (Å²) in [5.41, 5.74) is 0. The molecule has 0 aromatic heterocycles. The zero-order chi connectivity index (χ0) is 12.0. The summed E-state index contributed by atoms with van der Waals surface area (Å²) < 4.78 is 0. The van der Waals surface area contributed by atoms with Crippen molar-refractivity contribution in [3.8, 4) is 0 Å². The maximum atomic E-state index is 11.4. The molecule has 0 radical (unpaired) electrons. The molecule has 1 rings (SSSR count). The first-order valence-electron chi connectivity index (χ1n) is 6.08. The molecule has 1 atom stereocenters. The summed E-state index contributed by atoms with van der Waals surface area (Å²) >= 11 is 0. The van der Waals surface area contributed by atoms with Crippen LogP contribution in [0.25, 0.3) is 0 Å². The van der Waals surface area contributed by atoms with E-state index < -0.39 is 5.97 Å². The molecule has 92 valence electrons. The van der Waals surface area contributed by atoms with Gasteiger partial charge in [0, 0.05) is 6.42 Å². The molecule has 0 heterocycles. The highest BCUT2D eigenvalue weighted by Crippen LogP contribution is 2.31. The average Bonchev–Trinajstić information content (AvgIpc) is 2.27. The molecule has 1 saturated carbocycles. The molecule has 0 aliphatic heterocycles. The van der Waals surface area contributed by atoms with Crippen molar-refractivity contribution in [2.24, 2.45) is 11.8 Å². The fourth-order valence-corrected chi connectivity index (χ4v) is 2.41. The second-order valence-electron chi connectivity index (χ2n) is 4.75. The van der Waals surface area contributed by atoms with Gasteiger partial charge in [0.25, 0.3) is 0 Å². The van der Waals surface area contributed by atoms with E-state index >= 15 is 0 Å². The van der Waals surface area contributed by atoms with Gasteiger partial charge >= 0.3 is 5.97 Å². The van der Waals surface area contributed by atoms with E-state index in [-0.39, 0.29) is 12.5 Å². The standard InChI is InChI=1S/C12H21NO3/c1-9(10-5-3-2-4-6-10)7-11(14)13-8-12(15)16/h9-10H,2-8H2,1H3,(H,13,14)(H,15,16). The van der Waals surface area contributed by atoms with Crippen LogP contribution in [0.1, 0.15) is 45.4 Å². The molecule has 0 bridgehead atoms. The van der Waals surface area contributed by atoms with Crippen LogP contribution in [0.3, 0.4) is 0 Å². The Bertz CT molecular complexity index is 247. The summed E-state index contributed by atoms with van der Waals surface area (Å²) in [6.07, 6.45) is 6.74. The topological polar surface area (TPSA) is 66.4 Å². The number of hydrogen-bond acceptors (Lipinski definition) is 2. The van der Waals surface area contributed by atoms with E-state index in [2.05, 4.69) is 12.2 Å². The quantitative estimate of drug-likeness (QED) is 0.752. The number of carboxylic acids is 1. The van der Waals surface area contributed by atoms with Crippen LogP contribution in [-0.4, -0.2) is 23.5 Å². The largest absolute Gasteiger partial charge is 0.480 e. The Kier molecular flexibility index (Phi) is 5.29. The zero-order valence-electron chi connectivity index (χ0n) is 9.87. The van der Waals surface area contributed by atoms with E-state index in [1.165, 1.54) is 32.1 Å². The lowest BCUT2D eigenvalue weighted by atomic mass is 9.79. The van der Waals surface area contributed by atoms with Crippen molar-refractivity contribution in [2.45, 2.75) is 45.4 Å². The van der Waals surface area contributed by atoms with Crippen LogP contribution in [0.2, 0.25) is 0 Å². The number of rotatable bonds is 5. The van der Waals surface area contributed by atoms with Gasteiger partial charge in [0.05, 0.1) is 0 Å². The second kappa shape index (κ2) is 6.51. The van der Waals surface area contributed by atoms with Gasteiger partial charge < -0.3 is 10.4 Å². The third-order valence-corrected chi connectivity index (χ3v) is 3.40. The van der Waals surface area contributed by atoms with Gasteiger partial charge in [-0.3, -0.25) is 9.59 Å². The highest BCUT2D eigenvalue weighted by atomic mass is 16.4. The molecule has 0 spiro atoms. The highest BCUT2D eigenvalue weighted by Gasteiger charge is 2.22. The van der Waals surface area contributed by atoms with E-state index in [0.717, 1.165) is 0 Å². The van der Waals surface area contributed by atoms with Gasteiger partial charge in [-0.1, -0.05) is 39.0 Å². The molecule has 1 amide bonds. The normalized spacial score (nSPS) is 19.1.